The van der Waals surface area contributed by atoms with Crippen molar-refractivity contribution >= 4 is 5.69 Å². The van der Waals surface area contributed by atoms with Gasteiger partial charge in [0.05, 0.1) is 0 Å². The maximum atomic E-state index is 5.69. The molecule has 0 amide bonds. The Labute approximate surface area is 72.6 Å². The molecule has 0 bridgehead atoms. The summed E-state index contributed by atoms with van der Waals surface area (Å²) in [6.45, 7) is 0.761. The summed E-state index contributed by atoms with van der Waals surface area (Å²) in [5.41, 5.74) is 15.0. The normalized spacial score (nSPS) is 20.9. The van der Waals surface area contributed by atoms with Crippen LogP contribution in [0.5, 0.6) is 0 Å². The van der Waals surface area contributed by atoms with E-state index in [1.807, 2.05) is 6.07 Å². The first-order chi connectivity index (χ1) is 5.81. The topological polar surface area (TPSA) is 52.0 Å². The number of benzene rings is 1. The van der Waals surface area contributed by atoms with E-state index in [4.69, 9.17) is 11.5 Å². The standard InChI is InChI=1S/C10H14N2/c11-6-8-2-1-7-5-9(12)3-4-10(7)8/h3-5,8H,1-2,6,11-12H2. The largest absolute Gasteiger partial charge is 0.399 e. The third kappa shape index (κ3) is 1.08. The van der Waals surface area contributed by atoms with E-state index < -0.39 is 0 Å². The molecular formula is C10H14N2. The van der Waals surface area contributed by atoms with Gasteiger partial charge in [-0.3, -0.25) is 0 Å². The van der Waals surface area contributed by atoms with E-state index in [1.165, 1.54) is 17.5 Å². The molecule has 1 aromatic carbocycles. The lowest BCUT2D eigenvalue weighted by atomic mass is 10.0. The SMILES string of the molecule is NCC1CCc2cc(N)ccc21. The average molecular weight is 162 g/mol. The summed E-state index contributed by atoms with van der Waals surface area (Å²) in [5.74, 6) is 0.570. The third-order valence-electron chi connectivity index (χ3n) is 2.65. The summed E-state index contributed by atoms with van der Waals surface area (Å²) in [5, 5.41) is 0. The Balaban J connectivity index is 2.40. The van der Waals surface area contributed by atoms with Gasteiger partial charge in [0.1, 0.15) is 0 Å². The molecule has 4 N–H and O–H groups in total. The third-order valence-corrected chi connectivity index (χ3v) is 2.65. The van der Waals surface area contributed by atoms with Crippen LogP contribution < -0.4 is 11.5 Å². The Morgan fingerprint density at radius 1 is 1.42 bits per heavy atom. The van der Waals surface area contributed by atoms with E-state index in [-0.39, 0.29) is 0 Å². The highest BCUT2D eigenvalue weighted by Gasteiger charge is 2.20. The molecule has 2 rings (SSSR count). The molecule has 1 unspecified atom stereocenters. The lowest BCUT2D eigenvalue weighted by Crippen LogP contribution is -2.09. The van der Waals surface area contributed by atoms with Gasteiger partial charge in [-0.15, -0.1) is 0 Å². The molecule has 1 aromatic rings. The second-order valence-corrected chi connectivity index (χ2v) is 3.43. The van der Waals surface area contributed by atoms with Gasteiger partial charge in [0.25, 0.3) is 0 Å². The first-order valence-electron chi connectivity index (χ1n) is 4.39. The summed E-state index contributed by atoms with van der Waals surface area (Å²) >= 11 is 0. The molecule has 64 valence electrons. The number of anilines is 1. The highest BCUT2D eigenvalue weighted by molar-refractivity contribution is 5.48. The molecule has 2 nitrogen and oxygen atoms in total. The van der Waals surface area contributed by atoms with Crippen molar-refractivity contribution in [1.29, 1.82) is 0 Å². The van der Waals surface area contributed by atoms with Crippen LogP contribution in [0.25, 0.3) is 0 Å². The molecule has 0 spiro atoms. The fourth-order valence-electron chi connectivity index (χ4n) is 1.97. The van der Waals surface area contributed by atoms with E-state index in [1.54, 1.807) is 0 Å². The molecule has 0 saturated heterocycles. The van der Waals surface area contributed by atoms with Crippen molar-refractivity contribution in [2.75, 3.05) is 12.3 Å². The van der Waals surface area contributed by atoms with Gasteiger partial charge in [0.2, 0.25) is 0 Å². The first-order valence-corrected chi connectivity index (χ1v) is 4.39. The maximum Gasteiger partial charge on any atom is 0.0316 e. The summed E-state index contributed by atoms with van der Waals surface area (Å²) in [7, 11) is 0. The number of fused-ring (bicyclic) bond motifs is 1. The van der Waals surface area contributed by atoms with Crippen LogP contribution >= 0.6 is 0 Å². The van der Waals surface area contributed by atoms with Crippen molar-refractivity contribution in [3.63, 3.8) is 0 Å². The Kier molecular flexibility index (Phi) is 1.77. The first kappa shape index (κ1) is 7.62. The number of hydrogen-bond donors (Lipinski definition) is 2. The monoisotopic (exact) mass is 162 g/mol. The lowest BCUT2D eigenvalue weighted by Gasteiger charge is -2.07. The van der Waals surface area contributed by atoms with Crippen LogP contribution in [-0.2, 0) is 6.42 Å². The zero-order valence-electron chi connectivity index (χ0n) is 7.09. The minimum atomic E-state index is 0.570. The van der Waals surface area contributed by atoms with Crippen LogP contribution in [0.2, 0.25) is 0 Å². The number of rotatable bonds is 1. The zero-order chi connectivity index (χ0) is 8.55. The molecule has 1 aliphatic carbocycles. The van der Waals surface area contributed by atoms with E-state index in [0.29, 0.717) is 5.92 Å². The molecule has 1 aliphatic rings. The number of nitrogen functional groups attached to an aromatic ring is 1. The molecule has 2 heteroatoms. The molecule has 0 aromatic heterocycles. The Morgan fingerprint density at radius 3 is 3.00 bits per heavy atom. The molecule has 0 fully saturated rings. The summed E-state index contributed by atoms with van der Waals surface area (Å²) < 4.78 is 0. The van der Waals surface area contributed by atoms with Gasteiger partial charge in [0, 0.05) is 5.69 Å². The van der Waals surface area contributed by atoms with Gasteiger partial charge in [-0.05, 0) is 48.6 Å². The van der Waals surface area contributed by atoms with E-state index in [9.17, 15) is 0 Å². The molecule has 0 radical (unpaired) electrons. The fraction of sp³-hybridized carbons (Fsp3) is 0.400. The van der Waals surface area contributed by atoms with Crippen molar-refractivity contribution < 1.29 is 0 Å². The van der Waals surface area contributed by atoms with Gasteiger partial charge >= 0.3 is 0 Å². The zero-order valence-corrected chi connectivity index (χ0v) is 7.09. The van der Waals surface area contributed by atoms with Gasteiger partial charge in [-0.2, -0.15) is 0 Å². The Bertz CT molecular complexity index is 294. The van der Waals surface area contributed by atoms with Crippen molar-refractivity contribution in [2.45, 2.75) is 18.8 Å². The van der Waals surface area contributed by atoms with Crippen molar-refractivity contribution in [2.24, 2.45) is 5.73 Å². The minimum Gasteiger partial charge on any atom is -0.399 e. The number of hydrogen-bond acceptors (Lipinski definition) is 2. The highest BCUT2D eigenvalue weighted by Crippen LogP contribution is 2.33. The lowest BCUT2D eigenvalue weighted by molar-refractivity contribution is 0.688. The van der Waals surface area contributed by atoms with Crippen molar-refractivity contribution in [3.8, 4) is 0 Å². The van der Waals surface area contributed by atoms with Gasteiger partial charge in [0.15, 0.2) is 0 Å². The van der Waals surface area contributed by atoms with Crippen molar-refractivity contribution in [1.82, 2.24) is 0 Å². The van der Waals surface area contributed by atoms with Crippen LogP contribution in [0.4, 0.5) is 5.69 Å². The van der Waals surface area contributed by atoms with Crippen molar-refractivity contribution in [3.05, 3.63) is 29.3 Å². The van der Waals surface area contributed by atoms with E-state index in [0.717, 1.165) is 18.7 Å². The molecular weight excluding hydrogens is 148 g/mol. The quantitative estimate of drug-likeness (QED) is 0.611. The predicted molar refractivity (Wildman–Crippen MR) is 51.0 cm³/mol. The number of aryl methyl sites for hydroxylation is 1. The second-order valence-electron chi connectivity index (χ2n) is 3.43. The van der Waals surface area contributed by atoms with Crippen LogP contribution in [0.15, 0.2) is 18.2 Å². The average Bonchev–Trinajstić information content (AvgIpc) is 2.46. The van der Waals surface area contributed by atoms with Crippen LogP contribution in [0.3, 0.4) is 0 Å². The van der Waals surface area contributed by atoms with Gasteiger partial charge in [-0.1, -0.05) is 6.07 Å². The fourth-order valence-corrected chi connectivity index (χ4v) is 1.97. The van der Waals surface area contributed by atoms with Crippen LogP contribution in [0, 0.1) is 0 Å². The van der Waals surface area contributed by atoms with Crippen LogP contribution in [-0.4, -0.2) is 6.54 Å². The second kappa shape index (κ2) is 2.79. The molecule has 0 aliphatic heterocycles. The molecule has 0 heterocycles. The van der Waals surface area contributed by atoms with Gasteiger partial charge < -0.3 is 11.5 Å². The molecule has 1 atom stereocenters. The number of nitrogens with two attached hydrogens (primary N) is 2. The van der Waals surface area contributed by atoms with E-state index >= 15 is 0 Å². The summed E-state index contributed by atoms with van der Waals surface area (Å²) in [6, 6.07) is 6.16. The maximum absolute atomic E-state index is 5.69. The smallest absolute Gasteiger partial charge is 0.0316 e. The van der Waals surface area contributed by atoms with E-state index in [2.05, 4.69) is 12.1 Å². The summed E-state index contributed by atoms with van der Waals surface area (Å²) in [6.07, 6.45) is 2.33. The minimum absolute atomic E-state index is 0.570. The van der Waals surface area contributed by atoms with Gasteiger partial charge in [-0.25, -0.2) is 0 Å². The summed E-state index contributed by atoms with van der Waals surface area (Å²) in [4.78, 5) is 0. The van der Waals surface area contributed by atoms with Crippen LogP contribution in [0.1, 0.15) is 23.5 Å². The molecule has 0 saturated carbocycles. The Hall–Kier alpha value is -1.02. The molecule has 12 heavy (non-hydrogen) atoms. The highest BCUT2D eigenvalue weighted by atomic mass is 14.6. The predicted octanol–water partition coefficient (Wildman–Crippen LogP) is 1.26. The Morgan fingerprint density at radius 2 is 2.25 bits per heavy atom.